The maximum absolute atomic E-state index is 12.6. The molecule has 0 bridgehead atoms. The molecule has 8 rings (SSSR count). The van der Waals surface area contributed by atoms with E-state index in [2.05, 4.69) is 104 Å². The third kappa shape index (κ3) is 16.0. The summed E-state index contributed by atoms with van der Waals surface area (Å²) < 4.78 is 31.6. The Labute approximate surface area is 461 Å². The van der Waals surface area contributed by atoms with Crippen molar-refractivity contribution in [2.75, 3.05) is 54.4 Å². The van der Waals surface area contributed by atoms with E-state index < -0.39 is 10.4 Å². The van der Waals surface area contributed by atoms with Crippen LogP contribution in [0.25, 0.3) is 0 Å². The third-order valence-electron chi connectivity index (χ3n) is 24.1. The Bertz CT molecular complexity index is 1770. The van der Waals surface area contributed by atoms with Crippen LogP contribution in [0.1, 0.15) is 235 Å². The Morgan fingerprint density at radius 2 is 0.853 bits per heavy atom. The van der Waals surface area contributed by atoms with Gasteiger partial charge in [0.05, 0.1) is 0 Å². The Morgan fingerprint density at radius 1 is 0.493 bits per heavy atom. The van der Waals surface area contributed by atoms with E-state index in [0.29, 0.717) is 45.3 Å². The van der Waals surface area contributed by atoms with Crippen LogP contribution in [0.2, 0.25) is 0 Å². The van der Waals surface area contributed by atoms with Crippen molar-refractivity contribution in [3.8, 4) is 0 Å². The van der Waals surface area contributed by atoms with Gasteiger partial charge in [0.1, 0.15) is 0 Å². The van der Waals surface area contributed by atoms with Crippen LogP contribution in [-0.4, -0.2) is 93.5 Å². The molecule has 4 N–H and O–H groups in total. The van der Waals surface area contributed by atoms with Gasteiger partial charge in [0, 0.05) is 39.0 Å². The fourth-order valence-corrected chi connectivity index (χ4v) is 20.6. The summed E-state index contributed by atoms with van der Waals surface area (Å²) in [5.41, 5.74) is 2.35. The molecular weight excluding hydrogens is 953 g/mol. The topological polar surface area (TPSA) is 139 Å². The summed E-state index contributed by atoms with van der Waals surface area (Å²) in [6, 6.07) is 0. The molecular formula is C64H118N4O6S. The molecule has 11 heteroatoms. The van der Waals surface area contributed by atoms with Crippen LogP contribution in [-0.2, 0) is 20.0 Å². The molecule has 0 heterocycles. The number of hydrogen-bond acceptors (Lipinski definition) is 6. The lowest BCUT2D eigenvalue weighted by Gasteiger charge is -2.61. The molecule has 0 aromatic carbocycles. The summed E-state index contributed by atoms with van der Waals surface area (Å²) in [6.07, 6.45) is 37.8. The maximum atomic E-state index is 12.6. The Hall–Kier alpha value is -1.27. The van der Waals surface area contributed by atoms with Crippen LogP contribution >= 0.6 is 0 Å². The fraction of sp³-hybridized carbons (Fsp3) is 0.969. The predicted molar refractivity (Wildman–Crippen MR) is 311 cm³/mol. The lowest BCUT2D eigenvalue weighted by atomic mass is 9.44. The monoisotopic (exact) mass is 1070 g/mol. The molecule has 0 radical (unpaired) electrons. The van der Waals surface area contributed by atoms with Crippen LogP contribution < -0.4 is 10.6 Å². The number of nitrogens with one attached hydrogen (secondary N) is 2. The second kappa shape index (κ2) is 27.5. The first-order valence-corrected chi connectivity index (χ1v) is 33.2. The smallest absolute Gasteiger partial charge is 0.356 e. The molecule has 10 unspecified atom stereocenters. The number of fused-ring (bicyclic) bond motifs is 10. The minimum Gasteiger partial charge on any atom is -0.356 e. The van der Waals surface area contributed by atoms with Crippen LogP contribution in [0.5, 0.6) is 0 Å². The van der Waals surface area contributed by atoms with Crippen LogP contribution in [0, 0.1) is 105 Å². The first-order valence-electron chi connectivity index (χ1n) is 31.8. The van der Waals surface area contributed by atoms with Crippen molar-refractivity contribution < 1.29 is 27.1 Å². The van der Waals surface area contributed by atoms with Crippen LogP contribution in [0.3, 0.4) is 0 Å². The number of carbonyl (C=O) groups excluding carboxylic acids is 2. The van der Waals surface area contributed by atoms with E-state index in [-0.39, 0.29) is 11.8 Å². The summed E-state index contributed by atoms with van der Waals surface area (Å²) in [5, 5.41) is 6.44. The van der Waals surface area contributed by atoms with Gasteiger partial charge < -0.3 is 20.4 Å². The highest BCUT2D eigenvalue weighted by Gasteiger charge is 2.62. The zero-order chi connectivity index (χ0) is 54.9. The first kappa shape index (κ1) is 62.9. The molecule has 436 valence electrons. The van der Waals surface area contributed by atoms with Gasteiger partial charge in [-0.3, -0.25) is 18.7 Å². The van der Waals surface area contributed by atoms with Crippen molar-refractivity contribution >= 4 is 22.2 Å². The molecule has 8 saturated carbocycles. The first-order chi connectivity index (χ1) is 35.3. The predicted octanol–water partition coefficient (Wildman–Crippen LogP) is 14.4. The Balaban J connectivity index is 0.000000224. The molecule has 0 spiro atoms. The van der Waals surface area contributed by atoms with E-state index in [0.717, 1.165) is 124 Å². The second-order valence-corrected chi connectivity index (χ2v) is 30.4. The molecule has 75 heavy (non-hydrogen) atoms. The number of amides is 2. The SMILES string of the molecule is CC(CCCNC(=O)CC[C@@H](C)[C@H]1CCC2C3CCC4CCCC[C@]4(C)C3CC[C@@]21C)CN(C)C.CC(CCCNC(=O)CC[C@@H](C)[C@H]1CCC2C3CCC4CCCC[C@]4(C)C3CC[C@@]21C)CN(C)C.O=S(=O)(O)O. The van der Waals surface area contributed by atoms with Crippen LogP contribution in [0.4, 0.5) is 0 Å². The molecule has 0 saturated heterocycles. The van der Waals surface area contributed by atoms with Gasteiger partial charge >= 0.3 is 10.4 Å². The molecule has 10 nitrogen and oxygen atoms in total. The molecule has 8 fully saturated rings. The van der Waals surface area contributed by atoms with E-state index in [9.17, 15) is 9.59 Å². The quantitative estimate of drug-likeness (QED) is 0.0698. The van der Waals surface area contributed by atoms with Crippen molar-refractivity contribution in [1.82, 2.24) is 20.4 Å². The number of hydrogen-bond donors (Lipinski definition) is 4. The Kier molecular flexibility index (Phi) is 23.0. The number of nitrogens with zero attached hydrogens (tertiary/aromatic N) is 2. The zero-order valence-corrected chi connectivity index (χ0v) is 51.4. The van der Waals surface area contributed by atoms with Gasteiger partial charge in [0.2, 0.25) is 11.8 Å². The van der Waals surface area contributed by atoms with E-state index in [4.69, 9.17) is 17.5 Å². The van der Waals surface area contributed by atoms with Gasteiger partial charge in [-0.2, -0.15) is 8.42 Å². The lowest BCUT2D eigenvalue weighted by Crippen LogP contribution is -2.53. The van der Waals surface area contributed by atoms with Gasteiger partial charge in [-0.05, 0) is 274 Å². The molecule has 8 aliphatic rings. The van der Waals surface area contributed by atoms with Gasteiger partial charge in [0.15, 0.2) is 0 Å². The molecule has 2 amide bonds. The van der Waals surface area contributed by atoms with Crippen molar-refractivity contribution in [2.45, 2.75) is 235 Å². The molecule has 0 aromatic heterocycles. The average Bonchev–Trinajstić information content (AvgIpc) is 3.88. The Morgan fingerprint density at radius 3 is 1.21 bits per heavy atom. The van der Waals surface area contributed by atoms with Crippen molar-refractivity contribution in [3.63, 3.8) is 0 Å². The van der Waals surface area contributed by atoms with E-state index in [1.807, 2.05) is 0 Å². The minimum absolute atomic E-state index is 0.282. The summed E-state index contributed by atoms with van der Waals surface area (Å²) in [4.78, 5) is 29.7. The zero-order valence-electron chi connectivity index (χ0n) is 50.5. The normalized spacial score (nSPS) is 38.6. The highest BCUT2D eigenvalue weighted by Crippen LogP contribution is 2.70. The van der Waals surface area contributed by atoms with Gasteiger partial charge in [-0.25, -0.2) is 0 Å². The molecule has 8 aliphatic carbocycles. The summed E-state index contributed by atoms with van der Waals surface area (Å²) in [6.45, 7) is 24.3. The van der Waals surface area contributed by atoms with E-state index >= 15 is 0 Å². The van der Waals surface area contributed by atoms with Gasteiger partial charge in [-0.15, -0.1) is 0 Å². The molecule has 0 aromatic rings. The second-order valence-electron chi connectivity index (χ2n) is 29.5. The van der Waals surface area contributed by atoms with E-state index in [1.165, 1.54) is 141 Å². The minimum atomic E-state index is -4.67. The van der Waals surface area contributed by atoms with Crippen molar-refractivity contribution in [3.05, 3.63) is 0 Å². The summed E-state index contributed by atoms with van der Waals surface area (Å²) >= 11 is 0. The highest BCUT2D eigenvalue weighted by atomic mass is 32.3. The highest BCUT2D eigenvalue weighted by molar-refractivity contribution is 7.79. The fourth-order valence-electron chi connectivity index (χ4n) is 20.6. The standard InChI is InChI=1S/2C32H58N2O.H2O4S/c2*1-23(22-34(5)6)10-9-21-33-30(35)17-12-24(2)27-15-16-28-26-14-13-25-11-7-8-19-31(25,3)29(26)18-20-32(27,28)4;1-5(2,3)4/h2*23-29H,7-22H2,1-6H3,(H,33,35);(H2,1,2,3,4)/t2*23?,24-,25?,26?,27-,28?,29?,31+,32-;/m11./s1. The van der Waals surface area contributed by atoms with Crippen molar-refractivity contribution in [2.24, 2.45) is 105 Å². The third-order valence-corrected chi connectivity index (χ3v) is 24.1. The average molecular weight is 1070 g/mol. The molecule has 18 atom stereocenters. The van der Waals surface area contributed by atoms with Crippen molar-refractivity contribution in [1.29, 1.82) is 0 Å². The van der Waals surface area contributed by atoms with E-state index in [1.54, 1.807) is 0 Å². The van der Waals surface area contributed by atoms with Crippen LogP contribution in [0.15, 0.2) is 0 Å². The largest absolute Gasteiger partial charge is 0.394 e. The number of carbonyl (C=O) groups is 2. The maximum Gasteiger partial charge on any atom is 0.394 e. The van der Waals surface area contributed by atoms with Gasteiger partial charge in [0.25, 0.3) is 0 Å². The molecule has 0 aliphatic heterocycles. The summed E-state index contributed by atoms with van der Waals surface area (Å²) in [7, 11) is 3.89. The van der Waals surface area contributed by atoms with Gasteiger partial charge in [-0.1, -0.05) is 81.1 Å². The summed E-state index contributed by atoms with van der Waals surface area (Å²) in [5.74, 6) is 12.9. The lowest BCUT2D eigenvalue weighted by molar-refractivity contribution is -0.123. The number of rotatable bonds is 20.